The van der Waals surface area contributed by atoms with Gasteiger partial charge in [0.15, 0.2) is 0 Å². The summed E-state index contributed by atoms with van der Waals surface area (Å²) in [6.07, 6.45) is 0. The molecule has 12 rings (SSSR count). The maximum Gasteiger partial charge on any atom is 0.252 e. The minimum atomic E-state index is -0.0874. The molecular weight excluding hydrogens is 1050 g/mol. The molecule has 0 saturated heterocycles. The van der Waals surface area contributed by atoms with E-state index >= 15 is 0 Å². The third-order valence-electron chi connectivity index (χ3n) is 18.3. The molecule has 0 saturated carbocycles. The van der Waals surface area contributed by atoms with Gasteiger partial charge in [-0.25, -0.2) is 4.98 Å². The van der Waals surface area contributed by atoms with Gasteiger partial charge in [-0.1, -0.05) is 258 Å². The summed E-state index contributed by atoms with van der Waals surface area (Å²) >= 11 is 0. The molecule has 0 aliphatic carbocycles. The van der Waals surface area contributed by atoms with Gasteiger partial charge in [-0.05, 0) is 188 Å². The van der Waals surface area contributed by atoms with E-state index in [1.165, 1.54) is 89.0 Å². The summed E-state index contributed by atoms with van der Waals surface area (Å²) in [4.78, 5) is 11.1. The number of anilines is 6. The smallest absolute Gasteiger partial charge is 0.252 e. The van der Waals surface area contributed by atoms with Gasteiger partial charge >= 0.3 is 0 Å². The normalized spacial score (nSPS) is 13.6. The first-order valence-electron chi connectivity index (χ1n) is 31.6. The molecule has 2 aliphatic rings. The van der Waals surface area contributed by atoms with Crippen LogP contribution in [0, 0.1) is 0 Å². The monoisotopic (exact) mass is 1140 g/mol. The standard InChI is InChI=1S/C83H88BN3/c1-78(2,3)61-33-39-73-69(51-61)84-70-52-62(79(4,5)6)34-40-74(70)87(68-37-31-56(32-38-68)54-27-23-20-24-28-54)76-48-60(47-75(77(76)84)86(73)67-35-29-55(30-36-67)53-25-21-19-22-26-53)72-46-58(57-41-63(80(7,8)9)49-64(42-57)81(10,11)12)45-71(85-72)59-43-65(82(13,14)15)50-66(44-59)83(16,17)18/h19-52H,1-18H3. The first-order valence-corrected chi connectivity index (χ1v) is 31.6. The molecule has 0 spiro atoms. The van der Waals surface area contributed by atoms with E-state index < -0.39 is 0 Å². The molecule has 9 aromatic carbocycles. The molecule has 0 bridgehead atoms. The maximum absolute atomic E-state index is 5.96. The molecule has 0 N–H and O–H groups in total. The fraction of sp³-hybridized carbons (Fsp3) is 0.289. The van der Waals surface area contributed by atoms with Crippen LogP contribution in [0.3, 0.4) is 0 Å². The summed E-state index contributed by atoms with van der Waals surface area (Å²) in [5.74, 6) is 0. The van der Waals surface area contributed by atoms with Crippen LogP contribution in [0.15, 0.2) is 206 Å². The quantitative estimate of drug-likeness (QED) is 0.148. The molecule has 2 aliphatic heterocycles. The summed E-state index contributed by atoms with van der Waals surface area (Å²) in [5, 5.41) is 0. The van der Waals surface area contributed by atoms with Gasteiger partial charge < -0.3 is 9.80 Å². The molecule has 1 aromatic heterocycles. The second kappa shape index (κ2) is 21.3. The van der Waals surface area contributed by atoms with Crippen molar-refractivity contribution in [3.63, 3.8) is 0 Å². The Balaban J connectivity index is 1.21. The van der Waals surface area contributed by atoms with Gasteiger partial charge in [0.1, 0.15) is 0 Å². The van der Waals surface area contributed by atoms with Crippen LogP contribution in [0.2, 0.25) is 0 Å². The molecule has 87 heavy (non-hydrogen) atoms. The SMILES string of the molecule is CC(C)(C)c1cc(-c2cc(-c3cc(C(C)(C)C)cc(C(C)(C)C)c3)nc(-c3cc4c5c(c3)N(c3ccc(-c6ccccc6)cc3)c3ccc(C(C)(C)C)cc3B5c3cc(C(C)(C)C)ccc3N4c3ccc(-c4ccccc4)cc3)c2)cc(C(C)(C)C)c1. The van der Waals surface area contributed by atoms with E-state index in [4.69, 9.17) is 4.98 Å². The van der Waals surface area contributed by atoms with Gasteiger partial charge in [0, 0.05) is 45.3 Å². The highest BCUT2D eigenvalue weighted by Crippen LogP contribution is 2.49. The number of pyridine rings is 1. The van der Waals surface area contributed by atoms with Crippen LogP contribution in [0.4, 0.5) is 34.1 Å². The van der Waals surface area contributed by atoms with Crippen LogP contribution >= 0.6 is 0 Å². The molecule has 0 atom stereocenters. The van der Waals surface area contributed by atoms with Crippen LogP contribution < -0.4 is 26.2 Å². The van der Waals surface area contributed by atoms with E-state index in [1.807, 2.05) is 0 Å². The summed E-state index contributed by atoms with van der Waals surface area (Å²) in [5.41, 5.74) is 29.4. The van der Waals surface area contributed by atoms with Crippen molar-refractivity contribution in [3.05, 3.63) is 240 Å². The Hall–Kier alpha value is -8.21. The average Bonchev–Trinajstić information content (AvgIpc) is 0.712. The summed E-state index contributed by atoms with van der Waals surface area (Å²) in [6, 6.07) is 79.0. The number of hydrogen-bond acceptors (Lipinski definition) is 3. The van der Waals surface area contributed by atoms with Gasteiger partial charge in [0.2, 0.25) is 0 Å². The number of hydrogen-bond donors (Lipinski definition) is 0. The zero-order chi connectivity index (χ0) is 61.9. The Bertz CT molecular complexity index is 3910. The van der Waals surface area contributed by atoms with Gasteiger partial charge in [0.25, 0.3) is 6.71 Å². The highest BCUT2D eigenvalue weighted by atomic mass is 15.2. The van der Waals surface area contributed by atoms with Crippen LogP contribution in [-0.2, 0) is 32.5 Å². The number of nitrogens with zero attached hydrogens (tertiary/aromatic N) is 3. The zero-order valence-corrected chi connectivity index (χ0v) is 55.0. The Kier molecular flexibility index (Phi) is 14.5. The van der Waals surface area contributed by atoms with E-state index in [9.17, 15) is 0 Å². The molecule has 3 nitrogen and oxygen atoms in total. The van der Waals surface area contributed by atoms with Crippen molar-refractivity contribution in [1.82, 2.24) is 4.98 Å². The average molecular weight is 1140 g/mol. The van der Waals surface area contributed by atoms with Crippen LogP contribution in [0.5, 0.6) is 0 Å². The molecule has 438 valence electrons. The molecule has 3 heterocycles. The van der Waals surface area contributed by atoms with Gasteiger partial charge in [-0.2, -0.15) is 0 Å². The van der Waals surface area contributed by atoms with Crippen molar-refractivity contribution >= 4 is 57.2 Å². The van der Waals surface area contributed by atoms with Crippen molar-refractivity contribution in [3.8, 4) is 55.9 Å². The van der Waals surface area contributed by atoms with E-state index in [2.05, 4.69) is 341 Å². The van der Waals surface area contributed by atoms with Crippen molar-refractivity contribution in [2.45, 2.75) is 157 Å². The summed E-state index contributed by atoms with van der Waals surface area (Å²) < 4.78 is 0. The Morgan fingerprint density at radius 1 is 0.253 bits per heavy atom. The lowest BCUT2D eigenvalue weighted by Crippen LogP contribution is -2.61. The van der Waals surface area contributed by atoms with Crippen LogP contribution in [0.25, 0.3) is 55.9 Å². The largest absolute Gasteiger partial charge is 0.311 e. The number of benzene rings is 9. The van der Waals surface area contributed by atoms with Crippen LogP contribution in [0.1, 0.15) is 158 Å². The minimum Gasteiger partial charge on any atom is -0.311 e. The third-order valence-corrected chi connectivity index (χ3v) is 18.3. The second-order valence-electron chi connectivity index (χ2n) is 31.1. The number of fused-ring (bicyclic) bond motifs is 4. The van der Waals surface area contributed by atoms with Crippen molar-refractivity contribution < 1.29 is 0 Å². The van der Waals surface area contributed by atoms with E-state index in [1.54, 1.807) is 0 Å². The van der Waals surface area contributed by atoms with Crippen LogP contribution in [-0.4, -0.2) is 11.7 Å². The fourth-order valence-corrected chi connectivity index (χ4v) is 12.8. The van der Waals surface area contributed by atoms with E-state index in [0.29, 0.717) is 0 Å². The van der Waals surface area contributed by atoms with Crippen molar-refractivity contribution in [2.24, 2.45) is 0 Å². The predicted molar refractivity (Wildman–Crippen MR) is 378 cm³/mol. The number of aromatic nitrogens is 1. The summed E-state index contributed by atoms with van der Waals surface area (Å²) in [7, 11) is 0. The Morgan fingerprint density at radius 3 is 0.908 bits per heavy atom. The molecule has 0 unspecified atom stereocenters. The van der Waals surface area contributed by atoms with Gasteiger partial charge in [-0.3, -0.25) is 0 Å². The molecule has 0 amide bonds. The Morgan fingerprint density at radius 2 is 0.563 bits per heavy atom. The lowest BCUT2D eigenvalue weighted by atomic mass is 9.33. The lowest BCUT2D eigenvalue weighted by molar-refractivity contribution is 0.568. The topological polar surface area (TPSA) is 19.4 Å². The molecule has 4 heteroatoms. The second-order valence-corrected chi connectivity index (χ2v) is 31.1. The first kappa shape index (κ1) is 59.1. The highest BCUT2D eigenvalue weighted by Gasteiger charge is 2.45. The lowest BCUT2D eigenvalue weighted by Gasteiger charge is -2.45. The Labute approximate surface area is 521 Å². The molecular formula is C83H88BN3. The van der Waals surface area contributed by atoms with E-state index in [0.717, 1.165) is 50.8 Å². The molecule has 10 aromatic rings. The van der Waals surface area contributed by atoms with Gasteiger partial charge in [-0.15, -0.1) is 0 Å². The molecule has 0 fully saturated rings. The van der Waals surface area contributed by atoms with Gasteiger partial charge in [0.05, 0.1) is 11.4 Å². The maximum atomic E-state index is 5.96. The third kappa shape index (κ3) is 11.4. The highest BCUT2D eigenvalue weighted by molar-refractivity contribution is 7.00. The molecule has 0 radical (unpaired) electrons. The zero-order valence-electron chi connectivity index (χ0n) is 55.0. The van der Waals surface area contributed by atoms with Crippen molar-refractivity contribution in [2.75, 3.05) is 9.80 Å². The minimum absolute atomic E-state index is 0.0750. The predicted octanol–water partition coefficient (Wildman–Crippen LogP) is 21.3. The fourth-order valence-electron chi connectivity index (χ4n) is 12.8. The number of rotatable bonds is 7. The first-order chi connectivity index (χ1) is 40.9. The summed E-state index contributed by atoms with van der Waals surface area (Å²) in [6.45, 7) is 42.0. The van der Waals surface area contributed by atoms with Crippen molar-refractivity contribution in [1.29, 1.82) is 0 Å². The van der Waals surface area contributed by atoms with E-state index in [-0.39, 0.29) is 39.2 Å².